The Balaban J connectivity index is 1.59. The average Bonchev–Trinajstić information content (AvgIpc) is 3.28. The van der Waals surface area contributed by atoms with Gasteiger partial charge >= 0.3 is 0 Å². The number of benzene rings is 1. The van der Waals surface area contributed by atoms with Crippen LogP contribution in [-0.2, 0) is 16.1 Å². The average molecular weight is 360 g/mol. The van der Waals surface area contributed by atoms with Crippen LogP contribution in [0.5, 0.6) is 5.75 Å². The van der Waals surface area contributed by atoms with E-state index in [2.05, 4.69) is 5.32 Å². The molecule has 1 N–H and O–H groups in total. The minimum atomic E-state index is -0.124. The molecular weight excluding hydrogens is 340 g/mol. The van der Waals surface area contributed by atoms with Crippen molar-refractivity contribution in [1.29, 1.82) is 0 Å². The maximum absolute atomic E-state index is 12.2. The number of carbonyl (C=O) groups excluding carboxylic acids is 2. The molecule has 2 heterocycles. The lowest BCUT2D eigenvalue weighted by molar-refractivity contribution is -0.129. The predicted octanol–water partition coefficient (Wildman–Crippen LogP) is 2.57. The summed E-state index contributed by atoms with van der Waals surface area (Å²) in [5.74, 6) is 1.80. The monoisotopic (exact) mass is 360 g/mol. The Kier molecular flexibility index (Phi) is 5.65. The highest BCUT2D eigenvalue weighted by Crippen LogP contribution is 2.42. The Morgan fingerprint density at radius 1 is 1.36 bits per heavy atom. The summed E-state index contributed by atoms with van der Waals surface area (Å²) in [6.45, 7) is 0.725. The minimum absolute atomic E-state index is 0.0414. The fourth-order valence-electron chi connectivity index (χ4n) is 2.73. The van der Waals surface area contributed by atoms with E-state index >= 15 is 0 Å². The van der Waals surface area contributed by atoms with Crippen LogP contribution in [0.15, 0.2) is 47.1 Å². The second-order valence-corrected chi connectivity index (χ2v) is 6.67. The van der Waals surface area contributed by atoms with Gasteiger partial charge in [0.1, 0.15) is 16.9 Å². The minimum Gasteiger partial charge on any atom is -0.496 e. The Bertz CT molecular complexity index is 732. The van der Waals surface area contributed by atoms with Gasteiger partial charge in [-0.1, -0.05) is 18.2 Å². The molecule has 1 aromatic carbocycles. The summed E-state index contributed by atoms with van der Waals surface area (Å²) in [5.41, 5.74) is 0.955. The summed E-state index contributed by atoms with van der Waals surface area (Å²) in [7, 11) is 1.62. The molecule has 2 amide bonds. The van der Waals surface area contributed by atoms with Gasteiger partial charge in [0.05, 0.1) is 25.7 Å². The Labute approximate surface area is 150 Å². The number of thioether (sulfide) groups is 1. The van der Waals surface area contributed by atoms with Crippen LogP contribution < -0.4 is 10.1 Å². The van der Waals surface area contributed by atoms with Gasteiger partial charge in [-0.25, -0.2) is 0 Å². The highest BCUT2D eigenvalue weighted by Gasteiger charge is 2.34. The van der Waals surface area contributed by atoms with Crippen molar-refractivity contribution in [1.82, 2.24) is 10.2 Å². The van der Waals surface area contributed by atoms with Crippen LogP contribution in [0.4, 0.5) is 0 Å². The molecule has 0 bridgehead atoms. The number of hydrogen-bond donors (Lipinski definition) is 1. The first-order valence-corrected chi connectivity index (χ1v) is 9.07. The zero-order chi connectivity index (χ0) is 17.6. The molecule has 3 rings (SSSR count). The van der Waals surface area contributed by atoms with Gasteiger partial charge in [0, 0.05) is 18.5 Å². The van der Waals surface area contributed by atoms with E-state index in [9.17, 15) is 9.59 Å². The Morgan fingerprint density at radius 2 is 2.20 bits per heavy atom. The largest absolute Gasteiger partial charge is 0.496 e. The molecule has 0 aliphatic carbocycles. The maximum atomic E-state index is 12.2. The lowest BCUT2D eigenvalue weighted by atomic mass is 10.1. The molecule has 1 aromatic heterocycles. The summed E-state index contributed by atoms with van der Waals surface area (Å²) in [5, 5.41) is 2.68. The number of nitrogens with one attached hydrogen (secondary N) is 1. The van der Waals surface area contributed by atoms with E-state index in [4.69, 9.17) is 9.15 Å². The van der Waals surface area contributed by atoms with Gasteiger partial charge in [-0.3, -0.25) is 9.59 Å². The van der Waals surface area contributed by atoms with Crippen molar-refractivity contribution in [2.45, 2.75) is 18.3 Å². The van der Waals surface area contributed by atoms with Crippen molar-refractivity contribution < 1.29 is 18.7 Å². The van der Waals surface area contributed by atoms with Crippen LogP contribution in [0.2, 0.25) is 0 Å². The van der Waals surface area contributed by atoms with Crippen LogP contribution in [-0.4, -0.2) is 36.1 Å². The molecule has 1 fully saturated rings. The number of nitrogens with zero attached hydrogens (tertiary/aromatic N) is 1. The number of amides is 2. The molecule has 0 saturated carbocycles. The van der Waals surface area contributed by atoms with Crippen molar-refractivity contribution in [3.63, 3.8) is 0 Å². The molecule has 0 unspecified atom stereocenters. The molecule has 1 atom stereocenters. The molecule has 2 aromatic rings. The van der Waals surface area contributed by atoms with Crippen LogP contribution in [0, 0.1) is 0 Å². The van der Waals surface area contributed by atoms with Crippen molar-refractivity contribution in [3.05, 3.63) is 54.0 Å². The lowest BCUT2D eigenvalue weighted by Crippen LogP contribution is -2.33. The molecule has 0 spiro atoms. The molecular formula is C18H20N2O4S. The van der Waals surface area contributed by atoms with Crippen LogP contribution in [0.1, 0.15) is 23.1 Å². The van der Waals surface area contributed by atoms with Crippen molar-refractivity contribution in [2.75, 3.05) is 19.4 Å². The fourth-order valence-corrected chi connectivity index (χ4v) is 3.98. The molecule has 1 aliphatic rings. The third-order valence-corrected chi connectivity index (χ3v) is 5.23. The number of rotatable bonds is 7. The van der Waals surface area contributed by atoms with Gasteiger partial charge < -0.3 is 19.4 Å². The Hall–Kier alpha value is -2.41. The molecule has 132 valence electrons. The summed E-state index contributed by atoms with van der Waals surface area (Å²) in [6.07, 6.45) is 1.82. The van der Waals surface area contributed by atoms with Gasteiger partial charge in [0.2, 0.25) is 11.8 Å². The normalized spacial score (nSPS) is 16.9. The first kappa shape index (κ1) is 17.4. The number of ether oxygens (including phenoxy) is 1. The number of para-hydroxylation sites is 1. The molecule has 6 nitrogen and oxygen atoms in total. The van der Waals surface area contributed by atoms with Crippen molar-refractivity contribution in [3.8, 4) is 5.75 Å². The van der Waals surface area contributed by atoms with E-state index in [1.807, 2.05) is 24.3 Å². The zero-order valence-corrected chi connectivity index (χ0v) is 14.8. The van der Waals surface area contributed by atoms with Crippen LogP contribution in [0.25, 0.3) is 0 Å². The quantitative estimate of drug-likeness (QED) is 0.822. The van der Waals surface area contributed by atoms with Gasteiger partial charge in [0.25, 0.3) is 0 Å². The first-order chi connectivity index (χ1) is 12.2. The van der Waals surface area contributed by atoms with E-state index in [0.29, 0.717) is 24.6 Å². The summed E-state index contributed by atoms with van der Waals surface area (Å²) >= 11 is 1.55. The van der Waals surface area contributed by atoms with Crippen molar-refractivity contribution >= 4 is 23.6 Å². The van der Waals surface area contributed by atoms with E-state index in [1.165, 1.54) is 0 Å². The van der Waals surface area contributed by atoms with Gasteiger partial charge in [-0.05, 0) is 18.2 Å². The van der Waals surface area contributed by atoms with Crippen LogP contribution in [0.3, 0.4) is 0 Å². The molecule has 25 heavy (non-hydrogen) atoms. The van der Waals surface area contributed by atoms with Gasteiger partial charge in [-0.2, -0.15) is 0 Å². The Morgan fingerprint density at radius 3 is 2.96 bits per heavy atom. The number of methoxy groups -OCH3 is 1. The summed E-state index contributed by atoms with van der Waals surface area (Å²) < 4.78 is 10.6. The second kappa shape index (κ2) is 8.11. The molecule has 0 radical (unpaired) electrons. The van der Waals surface area contributed by atoms with Crippen LogP contribution >= 0.6 is 11.8 Å². The highest BCUT2D eigenvalue weighted by molar-refractivity contribution is 8.00. The summed E-state index contributed by atoms with van der Waals surface area (Å²) in [4.78, 5) is 26.0. The zero-order valence-electron chi connectivity index (χ0n) is 13.9. The third-order valence-electron chi connectivity index (χ3n) is 3.99. The highest BCUT2D eigenvalue weighted by atomic mass is 32.2. The van der Waals surface area contributed by atoms with E-state index < -0.39 is 0 Å². The number of carbonyl (C=O) groups is 2. The fraction of sp³-hybridized carbons (Fsp3) is 0.333. The number of furan rings is 1. The predicted molar refractivity (Wildman–Crippen MR) is 95.1 cm³/mol. The van der Waals surface area contributed by atoms with E-state index in [-0.39, 0.29) is 23.6 Å². The first-order valence-electron chi connectivity index (χ1n) is 8.02. The topological polar surface area (TPSA) is 71.8 Å². The van der Waals surface area contributed by atoms with Gasteiger partial charge in [-0.15, -0.1) is 11.8 Å². The molecule has 7 heteroatoms. The smallest absolute Gasteiger partial charge is 0.233 e. The second-order valence-electron chi connectivity index (χ2n) is 5.60. The maximum Gasteiger partial charge on any atom is 0.233 e. The van der Waals surface area contributed by atoms with E-state index in [0.717, 1.165) is 11.3 Å². The number of hydrogen-bond acceptors (Lipinski definition) is 5. The third kappa shape index (κ3) is 4.17. The lowest BCUT2D eigenvalue weighted by Gasteiger charge is -2.25. The SMILES string of the molecule is COc1ccccc1[C@@H]1SCC(=O)N1CCC(=O)NCc1ccco1. The van der Waals surface area contributed by atoms with Gasteiger partial charge in [0.15, 0.2) is 0 Å². The molecule has 1 saturated heterocycles. The summed E-state index contributed by atoms with van der Waals surface area (Å²) in [6, 6.07) is 11.2. The standard InChI is InChI=1S/C18H20N2O4S/c1-23-15-7-3-2-6-14(15)18-20(17(22)12-25-18)9-8-16(21)19-11-13-5-4-10-24-13/h2-7,10,18H,8-9,11-12H2,1H3,(H,19,21)/t18-/m0/s1. The van der Waals surface area contributed by atoms with Crippen molar-refractivity contribution in [2.24, 2.45) is 0 Å². The van der Waals surface area contributed by atoms with E-state index in [1.54, 1.807) is 42.2 Å². The molecule has 1 aliphatic heterocycles.